The lowest BCUT2D eigenvalue weighted by Crippen LogP contribution is -2.10. The second kappa shape index (κ2) is 32.6. The lowest BCUT2D eigenvalue weighted by Gasteiger charge is -2.26. The van der Waals surface area contributed by atoms with Crippen LogP contribution in [-0.4, -0.2) is 27.4 Å². The minimum absolute atomic E-state index is 1.11. The molecule has 0 amide bonds. The molecular formula is C118H89N9. The van der Waals surface area contributed by atoms with Gasteiger partial charge in [-0.3, -0.25) is 0 Å². The lowest BCUT2D eigenvalue weighted by atomic mass is 10.1. The molecule has 0 saturated carbocycles. The van der Waals surface area contributed by atoms with Gasteiger partial charge in [0.15, 0.2) is 0 Å². The molecule has 0 unspecified atom stereocenters. The normalized spacial score (nSPS) is 11.5. The lowest BCUT2D eigenvalue weighted by molar-refractivity contribution is 1.13. The van der Waals surface area contributed by atoms with Gasteiger partial charge in [0.2, 0.25) is 0 Å². The molecule has 24 aromatic rings. The van der Waals surface area contributed by atoms with Crippen LogP contribution in [0.15, 0.2) is 468 Å². The number of anilines is 9. The van der Waals surface area contributed by atoms with Crippen molar-refractivity contribution >= 4 is 149 Å². The number of nitrogens with zero attached hydrogens (tertiary/aromatic N) is 9. The molecule has 9 heteroatoms. The molecule has 6 heterocycles. The van der Waals surface area contributed by atoms with Crippen molar-refractivity contribution < 1.29 is 0 Å². The number of fused-ring (bicyclic) bond motifs is 15. The van der Waals surface area contributed by atoms with E-state index in [9.17, 15) is 0 Å². The van der Waals surface area contributed by atoms with Gasteiger partial charge in [-0.15, -0.1) is 0 Å². The van der Waals surface area contributed by atoms with Crippen molar-refractivity contribution in [3.8, 4) is 34.1 Å². The maximum absolute atomic E-state index is 2.42. The van der Waals surface area contributed by atoms with Crippen molar-refractivity contribution in [1.29, 1.82) is 0 Å². The van der Waals surface area contributed by atoms with Gasteiger partial charge in [-0.1, -0.05) is 247 Å². The van der Waals surface area contributed by atoms with Crippen LogP contribution < -0.4 is 14.7 Å². The molecule has 0 spiro atoms. The smallest absolute Gasteiger partial charge is 0.0628 e. The molecule has 0 aliphatic carbocycles. The highest BCUT2D eigenvalue weighted by molar-refractivity contribution is 6.23. The van der Waals surface area contributed by atoms with Crippen molar-refractivity contribution in [2.75, 3.05) is 14.7 Å². The summed E-state index contributed by atoms with van der Waals surface area (Å²) in [6.07, 6.45) is 6.56. The summed E-state index contributed by atoms with van der Waals surface area (Å²) < 4.78 is 14.2. The van der Waals surface area contributed by atoms with Crippen LogP contribution in [0.2, 0.25) is 0 Å². The van der Waals surface area contributed by atoms with E-state index in [1.807, 2.05) is 0 Å². The van der Waals surface area contributed by atoms with Gasteiger partial charge < -0.3 is 42.1 Å². The summed E-state index contributed by atoms with van der Waals surface area (Å²) in [6.45, 7) is 8.53. The third kappa shape index (κ3) is 14.0. The Morgan fingerprint density at radius 3 is 0.709 bits per heavy atom. The summed E-state index contributed by atoms with van der Waals surface area (Å²) in [5.41, 5.74) is 32.9. The molecule has 0 aliphatic heterocycles. The number of para-hydroxylation sites is 8. The first-order valence-electron chi connectivity index (χ1n) is 43.5. The van der Waals surface area contributed by atoms with Crippen LogP contribution in [0.25, 0.3) is 132 Å². The van der Waals surface area contributed by atoms with Crippen molar-refractivity contribution in [1.82, 2.24) is 27.4 Å². The van der Waals surface area contributed by atoms with Gasteiger partial charge in [0, 0.05) is 152 Å². The predicted molar refractivity (Wildman–Crippen MR) is 536 cm³/mol. The molecule has 0 radical (unpaired) electrons. The monoisotopic (exact) mass is 1630 g/mol. The van der Waals surface area contributed by atoms with Crippen molar-refractivity contribution in [3.05, 3.63) is 490 Å². The van der Waals surface area contributed by atoms with Crippen LogP contribution in [0.4, 0.5) is 51.2 Å². The van der Waals surface area contributed by atoms with E-state index in [1.54, 1.807) is 0 Å². The van der Waals surface area contributed by atoms with Gasteiger partial charge in [-0.2, -0.15) is 0 Å². The summed E-state index contributed by atoms with van der Waals surface area (Å²) in [5, 5.41) is 11.3. The molecule has 606 valence electrons. The first-order valence-corrected chi connectivity index (χ1v) is 43.5. The van der Waals surface area contributed by atoms with Gasteiger partial charge in [0.25, 0.3) is 0 Å². The molecule has 18 aromatic carbocycles. The number of rotatable bonds is 15. The third-order valence-electron chi connectivity index (χ3n) is 24.8. The maximum atomic E-state index is 2.42. The van der Waals surface area contributed by atoms with Gasteiger partial charge in [-0.05, 0) is 252 Å². The largest absolute Gasteiger partial charge is 0.316 e. The molecule has 0 fully saturated rings. The molecule has 6 aromatic heterocycles. The van der Waals surface area contributed by atoms with Crippen LogP contribution in [0, 0.1) is 27.7 Å². The summed E-state index contributed by atoms with van der Waals surface area (Å²) in [5.74, 6) is 0. The first-order chi connectivity index (χ1) is 62.7. The zero-order valence-corrected chi connectivity index (χ0v) is 71.0. The maximum Gasteiger partial charge on any atom is 0.0628 e. The number of benzene rings is 18. The van der Waals surface area contributed by atoms with Crippen LogP contribution in [0.5, 0.6) is 0 Å². The molecule has 127 heavy (non-hydrogen) atoms. The summed E-state index contributed by atoms with van der Waals surface area (Å²) in [7, 11) is 0. The minimum atomic E-state index is 1.11. The molecule has 0 bridgehead atoms. The molecule has 9 nitrogen and oxygen atoms in total. The highest BCUT2D eigenvalue weighted by Gasteiger charge is 2.25. The van der Waals surface area contributed by atoms with E-state index < -0.39 is 0 Å². The highest BCUT2D eigenvalue weighted by Crippen LogP contribution is 2.46. The number of aromatic nitrogens is 6. The second-order valence-electron chi connectivity index (χ2n) is 32.9. The van der Waals surface area contributed by atoms with Crippen LogP contribution in [0.3, 0.4) is 0 Å². The fourth-order valence-corrected chi connectivity index (χ4v) is 18.9. The third-order valence-corrected chi connectivity index (χ3v) is 24.8. The van der Waals surface area contributed by atoms with E-state index >= 15 is 0 Å². The van der Waals surface area contributed by atoms with E-state index in [4.69, 9.17) is 0 Å². The SMILES string of the molecule is Cc1ccc(N(c2ccc(C)cc2)c2ccc(-n3c4ccccc4c4c5c(ccc43)ccn5-c3ccccc3)cc2)cc1.Cc1ccc(N(c2ccc(C)cc2)c2cccc(-n3c4ccccc4c4c5c(ccc43)ccn5-c3ccccc3)c2)cc1.c1ccc(N(c2ccccc2)c2cccc(-n3c4ccccc4c4c5c(ccc43)ccn5-c3ccccc3)c2)cc1. The summed E-state index contributed by atoms with van der Waals surface area (Å²) in [4.78, 5) is 6.98. The van der Waals surface area contributed by atoms with E-state index in [2.05, 4.69) is 537 Å². The molecule has 24 rings (SSSR count). The van der Waals surface area contributed by atoms with Gasteiger partial charge in [-0.25, -0.2) is 0 Å². The van der Waals surface area contributed by atoms with Gasteiger partial charge in [0.1, 0.15) is 0 Å². The van der Waals surface area contributed by atoms with Crippen LogP contribution in [-0.2, 0) is 0 Å². The number of hydrogen-bond donors (Lipinski definition) is 0. The van der Waals surface area contributed by atoms with E-state index in [-0.39, 0.29) is 0 Å². The molecule has 0 aliphatic rings. The second-order valence-corrected chi connectivity index (χ2v) is 32.9. The van der Waals surface area contributed by atoms with Crippen molar-refractivity contribution in [3.63, 3.8) is 0 Å². The Kier molecular flexibility index (Phi) is 19.7. The topological polar surface area (TPSA) is 39.3 Å². The molecular weight excluding hydrogens is 1540 g/mol. The standard InChI is InChI=1S/2C40H31N3.C38H27N3/c1-28-15-20-32(21-16-28)42(33-22-17-29(2)18-23-33)34-11-8-12-35(27-34)43-37-14-7-6-13-36(37)39-38(43)24-19-30-25-26-41(40(30)39)31-9-4-3-5-10-31;1-28-12-17-32(18-13-28)42(33-19-14-29(2)15-20-33)34-21-23-35(24-22-34)43-37-11-7-6-10-36(37)39-38(43)25-16-30-26-27-41(40(30)39)31-8-4-3-5-9-31;1-4-13-29(14-5-1)39-26-25-28-23-24-36-37(38(28)39)34-21-10-11-22-35(34)41(36)33-20-12-19-32(27-33)40(30-15-6-2-7-16-30)31-17-8-3-9-18-31/h2*3-27H,1-2H3;1-27H. The van der Waals surface area contributed by atoms with Crippen LogP contribution >= 0.6 is 0 Å². The highest BCUT2D eigenvalue weighted by atomic mass is 15.2. The Bertz CT molecular complexity index is 7990. The zero-order chi connectivity index (χ0) is 85.0. The van der Waals surface area contributed by atoms with E-state index in [1.165, 1.54) is 126 Å². The zero-order valence-electron chi connectivity index (χ0n) is 71.0. The Morgan fingerprint density at radius 2 is 0.402 bits per heavy atom. The average molecular weight is 1630 g/mol. The average Bonchev–Trinajstić information content (AvgIpc) is 1.58. The summed E-state index contributed by atoms with van der Waals surface area (Å²) >= 11 is 0. The Labute approximate surface area is 738 Å². The van der Waals surface area contributed by atoms with E-state index in [0.717, 1.165) is 79.6 Å². The summed E-state index contributed by atoms with van der Waals surface area (Å²) in [6, 6.07) is 161. The first kappa shape index (κ1) is 76.5. The predicted octanol–water partition coefficient (Wildman–Crippen LogP) is 31.8. The van der Waals surface area contributed by atoms with Crippen LogP contribution in [0.1, 0.15) is 22.3 Å². The van der Waals surface area contributed by atoms with Gasteiger partial charge in [0.05, 0.1) is 49.7 Å². The fourth-order valence-electron chi connectivity index (χ4n) is 18.9. The van der Waals surface area contributed by atoms with E-state index in [0.29, 0.717) is 0 Å². The van der Waals surface area contributed by atoms with Crippen molar-refractivity contribution in [2.45, 2.75) is 27.7 Å². The Balaban J connectivity index is 0.000000113. The Hall–Kier alpha value is -16.6. The number of aryl methyl sites for hydroxylation is 4. The minimum Gasteiger partial charge on any atom is -0.316 e. The quantitative estimate of drug-likeness (QED) is 0.103. The molecule has 0 N–H and O–H groups in total. The number of hydrogen-bond acceptors (Lipinski definition) is 3. The molecule has 0 saturated heterocycles. The fraction of sp³-hybridized carbons (Fsp3) is 0.0339. The van der Waals surface area contributed by atoms with Gasteiger partial charge >= 0.3 is 0 Å². The molecule has 0 atom stereocenters. The Morgan fingerprint density at radius 1 is 0.165 bits per heavy atom. The van der Waals surface area contributed by atoms with Crippen molar-refractivity contribution in [2.24, 2.45) is 0 Å².